The highest BCUT2D eigenvalue weighted by Crippen LogP contribution is 2.30. The Balaban J connectivity index is 2.41. The molecule has 2 aromatic rings. The SMILES string of the molecule is CCOc1cc(C)cc(OS(=O)(=O)c2cc(C)ccc2OC)c1. The Labute approximate surface area is 136 Å². The largest absolute Gasteiger partial charge is 0.495 e. The average Bonchev–Trinajstić information content (AvgIpc) is 2.46. The molecule has 0 aliphatic heterocycles. The van der Waals surface area contributed by atoms with E-state index in [4.69, 9.17) is 13.7 Å². The lowest BCUT2D eigenvalue weighted by Gasteiger charge is -2.13. The summed E-state index contributed by atoms with van der Waals surface area (Å²) < 4.78 is 40.9. The van der Waals surface area contributed by atoms with Crippen molar-refractivity contribution in [2.45, 2.75) is 25.7 Å². The van der Waals surface area contributed by atoms with Crippen LogP contribution in [0.4, 0.5) is 0 Å². The highest BCUT2D eigenvalue weighted by Gasteiger charge is 2.22. The number of aryl methyl sites for hydroxylation is 2. The first-order valence-corrected chi connectivity index (χ1v) is 8.60. The Bertz CT molecular complexity index is 797. The van der Waals surface area contributed by atoms with Crippen LogP contribution in [0.3, 0.4) is 0 Å². The molecular weight excluding hydrogens is 316 g/mol. The molecule has 2 aromatic carbocycles. The fourth-order valence-corrected chi connectivity index (χ4v) is 3.33. The first-order chi connectivity index (χ1) is 10.9. The Morgan fingerprint density at radius 1 is 0.957 bits per heavy atom. The van der Waals surface area contributed by atoms with Gasteiger partial charge in [0.05, 0.1) is 13.7 Å². The lowest BCUT2D eigenvalue weighted by atomic mass is 10.2. The van der Waals surface area contributed by atoms with E-state index in [1.165, 1.54) is 13.2 Å². The monoisotopic (exact) mass is 336 g/mol. The number of hydrogen-bond donors (Lipinski definition) is 0. The summed E-state index contributed by atoms with van der Waals surface area (Å²) in [6, 6.07) is 9.91. The van der Waals surface area contributed by atoms with Gasteiger partial charge < -0.3 is 13.7 Å². The van der Waals surface area contributed by atoms with Crippen LogP contribution in [0.25, 0.3) is 0 Å². The molecule has 6 heteroatoms. The molecule has 0 aliphatic carbocycles. The fraction of sp³-hybridized carbons (Fsp3) is 0.294. The molecule has 0 bridgehead atoms. The Hall–Kier alpha value is -2.21. The van der Waals surface area contributed by atoms with E-state index in [0.29, 0.717) is 12.4 Å². The van der Waals surface area contributed by atoms with Gasteiger partial charge >= 0.3 is 10.1 Å². The number of methoxy groups -OCH3 is 1. The number of hydrogen-bond acceptors (Lipinski definition) is 5. The van der Waals surface area contributed by atoms with Gasteiger partial charge in [0.15, 0.2) is 0 Å². The van der Waals surface area contributed by atoms with Crippen LogP contribution >= 0.6 is 0 Å². The topological polar surface area (TPSA) is 61.8 Å². The van der Waals surface area contributed by atoms with Gasteiger partial charge in [0.1, 0.15) is 22.1 Å². The molecule has 0 spiro atoms. The number of ether oxygens (including phenoxy) is 2. The normalized spacial score (nSPS) is 11.1. The lowest BCUT2D eigenvalue weighted by molar-refractivity contribution is 0.338. The second kappa shape index (κ2) is 6.91. The van der Waals surface area contributed by atoms with Crippen LogP contribution in [0.2, 0.25) is 0 Å². The van der Waals surface area contributed by atoms with Crippen molar-refractivity contribution in [3.05, 3.63) is 47.5 Å². The second-order valence-corrected chi connectivity index (χ2v) is 6.62. The molecule has 0 aromatic heterocycles. The molecule has 0 N–H and O–H groups in total. The van der Waals surface area contributed by atoms with Crippen molar-refractivity contribution in [3.8, 4) is 17.2 Å². The molecular formula is C17H20O5S. The number of benzene rings is 2. The van der Waals surface area contributed by atoms with Crippen molar-refractivity contribution in [1.29, 1.82) is 0 Å². The Morgan fingerprint density at radius 2 is 1.65 bits per heavy atom. The van der Waals surface area contributed by atoms with Gasteiger partial charge in [0.25, 0.3) is 0 Å². The summed E-state index contributed by atoms with van der Waals surface area (Å²) in [6.45, 7) is 5.99. The summed E-state index contributed by atoms with van der Waals surface area (Å²) >= 11 is 0. The molecule has 0 fully saturated rings. The van der Waals surface area contributed by atoms with Gasteiger partial charge in [-0.15, -0.1) is 0 Å². The van der Waals surface area contributed by atoms with E-state index in [2.05, 4.69) is 0 Å². The zero-order chi connectivity index (χ0) is 17.0. The smallest absolute Gasteiger partial charge is 0.342 e. The highest BCUT2D eigenvalue weighted by molar-refractivity contribution is 7.87. The first-order valence-electron chi connectivity index (χ1n) is 7.19. The molecule has 23 heavy (non-hydrogen) atoms. The molecule has 0 saturated carbocycles. The van der Waals surface area contributed by atoms with E-state index in [1.807, 2.05) is 19.9 Å². The van der Waals surface area contributed by atoms with Gasteiger partial charge in [-0.05, 0) is 56.2 Å². The van der Waals surface area contributed by atoms with Crippen LogP contribution in [-0.4, -0.2) is 22.1 Å². The third kappa shape index (κ3) is 4.16. The maximum atomic E-state index is 12.6. The fourth-order valence-electron chi connectivity index (χ4n) is 2.16. The average molecular weight is 336 g/mol. The number of rotatable bonds is 6. The van der Waals surface area contributed by atoms with Gasteiger partial charge in [0, 0.05) is 6.07 Å². The molecule has 0 amide bonds. The van der Waals surface area contributed by atoms with Crippen LogP contribution in [0.5, 0.6) is 17.2 Å². The highest BCUT2D eigenvalue weighted by atomic mass is 32.2. The molecule has 0 saturated heterocycles. The molecule has 0 aliphatic rings. The minimum absolute atomic E-state index is 0.000494. The maximum absolute atomic E-state index is 12.6. The quantitative estimate of drug-likeness (QED) is 0.756. The van der Waals surface area contributed by atoms with E-state index >= 15 is 0 Å². The summed E-state index contributed by atoms with van der Waals surface area (Å²) in [6.07, 6.45) is 0. The van der Waals surface area contributed by atoms with E-state index in [0.717, 1.165) is 11.1 Å². The van der Waals surface area contributed by atoms with E-state index in [1.54, 1.807) is 31.2 Å². The summed E-state index contributed by atoms with van der Waals surface area (Å²) in [5.41, 5.74) is 1.64. The van der Waals surface area contributed by atoms with Gasteiger partial charge in [-0.25, -0.2) is 0 Å². The van der Waals surface area contributed by atoms with E-state index in [-0.39, 0.29) is 16.4 Å². The van der Waals surface area contributed by atoms with Crippen molar-refractivity contribution in [1.82, 2.24) is 0 Å². The van der Waals surface area contributed by atoms with E-state index in [9.17, 15) is 8.42 Å². The summed E-state index contributed by atoms with van der Waals surface area (Å²) in [5, 5.41) is 0. The summed E-state index contributed by atoms with van der Waals surface area (Å²) in [7, 11) is -2.59. The third-order valence-electron chi connectivity index (χ3n) is 3.13. The van der Waals surface area contributed by atoms with Gasteiger partial charge in [-0.1, -0.05) is 6.07 Å². The van der Waals surface area contributed by atoms with Gasteiger partial charge in [-0.2, -0.15) is 8.42 Å². The molecule has 0 atom stereocenters. The Kier molecular flexibility index (Phi) is 5.15. The van der Waals surface area contributed by atoms with Crippen LogP contribution in [0.1, 0.15) is 18.1 Å². The van der Waals surface area contributed by atoms with Crippen molar-refractivity contribution in [3.63, 3.8) is 0 Å². The van der Waals surface area contributed by atoms with E-state index < -0.39 is 10.1 Å². The predicted octanol–water partition coefficient (Wildman–Crippen LogP) is 3.48. The van der Waals surface area contributed by atoms with Crippen molar-refractivity contribution in [2.75, 3.05) is 13.7 Å². The van der Waals surface area contributed by atoms with Crippen molar-refractivity contribution < 1.29 is 22.1 Å². The zero-order valence-corrected chi connectivity index (χ0v) is 14.4. The van der Waals surface area contributed by atoms with Gasteiger partial charge in [-0.3, -0.25) is 0 Å². The Morgan fingerprint density at radius 3 is 2.30 bits per heavy atom. The predicted molar refractivity (Wildman–Crippen MR) is 87.9 cm³/mol. The molecule has 0 radical (unpaired) electrons. The molecule has 124 valence electrons. The van der Waals surface area contributed by atoms with Crippen LogP contribution in [0, 0.1) is 13.8 Å². The minimum Gasteiger partial charge on any atom is -0.495 e. The minimum atomic E-state index is -4.01. The summed E-state index contributed by atoms with van der Waals surface area (Å²) in [5.74, 6) is 1.01. The molecule has 2 rings (SSSR count). The summed E-state index contributed by atoms with van der Waals surface area (Å²) in [4.78, 5) is -0.000494. The maximum Gasteiger partial charge on any atom is 0.342 e. The molecule has 5 nitrogen and oxygen atoms in total. The lowest BCUT2D eigenvalue weighted by Crippen LogP contribution is -2.11. The van der Waals surface area contributed by atoms with Crippen molar-refractivity contribution >= 4 is 10.1 Å². The van der Waals surface area contributed by atoms with Crippen LogP contribution in [0.15, 0.2) is 41.3 Å². The molecule has 0 unspecified atom stereocenters. The zero-order valence-electron chi connectivity index (χ0n) is 13.6. The third-order valence-corrected chi connectivity index (χ3v) is 4.40. The second-order valence-electron chi connectivity index (χ2n) is 5.11. The standard InChI is InChI=1S/C17H20O5S/c1-5-21-14-8-13(3)9-15(11-14)22-23(18,19)17-10-12(2)6-7-16(17)20-4/h6-11H,5H2,1-4H3. The molecule has 0 heterocycles. The van der Waals surface area contributed by atoms with Crippen molar-refractivity contribution in [2.24, 2.45) is 0 Å². The first kappa shape index (κ1) is 17.1. The van der Waals surface area contributed by atoms with Crippen LogP contribution < -0.4 is 13.7 Å². The van der Waals surface area contributed by atoms with Crippen LogP contribution in [-0.2, 0) is 10.1 Å². The van der Waals surface area contributed by atoms with Gasteiger partial charge in [0.2, 0.25) is 0 Å².